The fourth-order valence-corrected chi connectivity index (χ4v) is 5.45. The van der Waals surface area contributed by atoms with Crippen LogP contribution in [0.4, 0.5) is 11.4 Å². The lowest BCUT2D eigenvalue weighted by Crippen LogP contribution is -2.37. The molecule has 2 aliphatic heterocycles. The fraction of sp³-hybridized carbons (Fsp3) is 0.318. The van der Waals surface area contributed by atoms with Gasteiger partial charge in [-0.15, -0.1) is 0 Å². The number of imide groups is 1. The Morgan fingerprint density at radius 2 is 1.72 bits per heavy atom. The number of likely N-dealkylation sites (tertiary alicyclic amines) is 1. The molecular formula is C22H23N3O6S. The molecular weight excluding hydrogens is 434 g/mol. The van der Waals surface area contributed by atoms with E-state index in [-0.39, 0.29) is 36.1 Å². The quantitative estimate of drug-likeness (QED) is 0.663. The minimum Gasteiger partial charge on any atom is -0.497 e. The van der Waals surface area contributed by atoms with Crippen LogP contribution in [0, 0.1) is 0 Å². The van der Waals surface area contributed by atoms with E-state index in [4.69, 9.17) is 4.74 Å². The van der Waals surface area contributed by atoms with E-state index in [0.29, 0.717) is 36.5 Å². The van der Waals surface area contributed by atoms with Gasteiger partial charge >= 0.3 is 0 Å². The Kier molecular flexibility index (Phi) is 5.88. The van der Waals surface area contributed by atoms with E-state index in [9.17, 15) is 22.8 Å². The minimum atomic E-state index is -3.76. The van der Waals surface area contributed by atoms with Crippen LogP contribution in [0.5, 0.6) is 5.75 Å². The van der Waals surface area contributed by atoms with Crippen molar-refractivity contribution >= 4 is 39.1 Å². The van der Waals surface area contributed by atoms with Crippen LogP contribution in [0.3, 0.4) is 0 Å². The van der Waals surface area contributed by atoms with Crippen molar-refractivity contribution in [3.63, 3.8) is 0 Å². The molecule has 0 aliphatic carbocycles. The minimum absolute atomic E-state index is 0.128. The van der Waals surface area contributed by atoms with Crippen LogP contribution in [-0.4, -0.2) is 51.2 Å². The number of amides is 3. The number of benzene rings is 2. The standard InChI is InChI=1S/C22H23N3O6S/c1-31-17-5-7-18(8-6-17)32(29,30)25-12-2-3-15-13-16(4-9-19(15)25)23-20(26)14-24-21(27)10-11-22(24)28/h4-9,13H,2-3,10-12,14H2,1H3,(H,23,26). The molecule has 0 atom stereocenters. The summed E-state index contributed by atoms with van der Waals surface area (Å²) in [6.45, 7) is 0.0268. The Balaban J connectivity index is 1.52. The maximum absolute atomic E-state index is 13.2. The van der Waals surface area contributed by atoms with Gasteiger partial charge in [0.25, 0.3) is 10.0 Å². The van der Waals surface area contributed by atoms with Crippen molar-refractivity contribution in [1.82, 2.24) is 4.90 Å². The monoisotopic (exact) mass is 457 g/mol. The molecule has 3 amide bonds. The van der Waals surface area contributed by atoms with E-state index in [1.165, 1.54) is 23.5 Å². The van der Waals surface area contributed by atoms with Crippen molar-refractivity contribution in [2.45, 2.75) is 30.6 Å². The molecule has 2 aliphatic rings. The molecule has 0 saturated carbocycles. The first kappa shape index (κ1) is 21.8. The van der Waals surface area contributed by atoms with Crippen LogP contribution in [-0.2, 0) is 30.8 Å². The second kappa shape index (κ2) is 8.62. The molecule has 1 N–H and O–H groups in total. The summed E-state index contributed by atoms with van der Waals surface area (Å²) >= 11 is 0. The topological polar surface area (TPSA) is 113 Å². The molecule has 4 rings (SSSR count). The Hall–Kier alpha value is -3.40. The van der Waals surface area contributed by atoms with E-state index in [1.54, 1.807) is 30.3 Å². The van der Waals surface area contributed by atoms with Crippen molar-refractivity contribution in [1.29, 1.82) is 0 Å². The Morgan fingerprint density at radius 1 is 1.03 bits per heavy atom. The molecule has 9 nitrogen and oxygen atoms in total. The number of anilines is 2. The molecule has 32 heavy (non-hydrogen) atoms. The van der Waals surface area contributed by atoms with Crippen molar-refractivity contribution in [2.75, 3.05) is 29.8 Å². The van der Waals surface area contributed by atoms with E-state index in [2.05, 4.69) is 5.32 Å². The van der Waals surface area contributed by atoms with Gasteiger partial charge in [-0.05, 0) is 60.9 Å². The maximum Gasteiger partial charge on any atom is 0.264 e. The number of rotatable bonds is 6. The summed E-state index contributed by atoms with van der Waals surface area (Å²) < 4.78 is 32.9. The molecule has 0 spiro atoms. The van der Waals surface area contributed by atoms with Gasteiger partial charge in [0, 0.05) is 25.1 Å². The largest absolute Gasteiger partial charge is 0.497 e. The predicted molar refractivity (Wildman–Crippen MR) is 117 cm³/mol. The third kappa shape index (κ3) is 4.18. The lowest BCUT2D eigenvalue weighted by molar-refractivity contribution is -0.141. The second-order valence-electron chi connectivity index (χ2n) is 7.62. The Labute approximate surface area is 186 Å². The van der Waals surface area contributed by atoms with Crippen LogP contribution in [0.1, 0.15) is 24.8 Å². The van der Waals surface area contributed by atoms with Crippen molar-refractivity contribution in [3.8, 4) is 5.75 Å². The summed E-state index contributed by atoms with van der Waals surface area (Å²) in [5.41, 5.74) is 1.84. The van der Waals surface area contributed by atoms with Gasteiger partial charge in [0.15, 0.2) is 0 Å². The SMILES string of the molecule is COc1ccc(S(=O)(=O)N2CCCc3cc(NC(=O)CN4C(=O)CCC4=O)ccc32)cc1. The smallest absolute Gasteiger partial charge is 0.264 e. The number of aryl methyl sites for hydroxylation is 1. The normalized spacial score (nSPS) is 16.2. The summed E-state index contributed by atoms with van der Waals surface area (Å²) in [7, 11) is -2.24. The number of ether oxygens (including phenoxy) is 1. The zero-order valence-electron chi connectivity index (χ0n) is 17.5. The second-order valence-corrected chi connectivity index (χ2v) is 9.48. The van der Waals surface area contributed by atoms with Gasteiger partial charge in [-0.25, -0.2) is 8.42 Å². The number of nitrogens with one attached hydrogen (secondary N) is 1. The molecule has 0 aromatic heterocycles. The van der Waals surface area contributed by atoms with Gasteiger partial charge in [-0.1, -0.05) is 0 Å². The van der Waals surface area contributed by atoms with Crippen LogP contribution in [0.15, 0.2) is 47.4 Å². The molecule has 168 valence electrons. The molecule has 2 heterocycles. The molecule has 1 saturated heterocycles. The van der Waals surface area contributed by atoms with Gasteiger partial charge in [0.1, 0.15) is 12.3 Å². The number of hydrogen-bond donors (Lipinski definition) is 1. The molecule has 0 unspecified atom stereocenters. The average Bonchev–Trinajstić information content (AvgIpc) is 3.10. The first-order valence-corrected chi connectivity index (χ1v) is 11.7. The van der Waals surface area contributed by atoms with Crippen LogP contribution >= 0.6 is 0 Å². The highest BCUT2D eigenvalue weighted by Crippen LogP contribution is 2.34. The third-order valence-electron chi connectivity index (χ3n) is 5.54. The lowest BCUT2D eigenvalue weighted by atomic mass is 10.0. The van der Waals surface area contributed by atoms with Gasteiger partial charge < -0.3 is 10.1 Å². The molecule has 2 aromatic carbocycles. The molecule has 2 aromatic rings. The summed E-state index contributed by atoms with van der Waals surface area (Å²) in [6, 6.07) is 11.2. The van der Waals surface area contributed by atoms with Crippen LogP contribution in [0.25, 0.3) is 0 Å². The third-order valence-corrected chi connectivity index (χ3v) is 7.37. The number of fused-ring (bicyclic) bond motifs is 1. The van der Waals surface area contributed by atoms with E-state index >= 15 is 0 Å². The number of carbonyl (C=O) groups is 3. The van der Waals surface area contributed by atoms with Gasteiger partial charge in [0.05, 0.1) is 17.7 Å². The Bertz CT molecular complexity index is 1160. The highest BCUT2D eigenvalue weighted by atomic mass is 32.2. The molecule has 10 heteroatoms. The number of methoxy groups -OCH3 is 1. The summed E-state index contributed by atoms with van der Waals surface area (Å²) in [5.74, 6) is -0.613. The summed E-state index contributed by atoms with van der Waals surface area (Å²) in [5, 5.41) is 2.69. The molecule has 1 fully saturated rings. The fourth-order valence-electron chi connectivity index (χ4n) is 3.91. The number of hydrogen-bond acceptors (Lipinski definition) is 6. The zero-order chi connectivity index (χ0) is 22.9. The van der Waals surface area contributed by atoms with E-state index in [0.717, 1.165) is 10.5 Å². The maximum atomic E-state index is 13.2. The molecule has 0 bridgehead atoms. The van der Waals surface area contributed by atoms with Gasteiger partial charge in [-0.3, -0.25) is 23.6 Å². The van der Waals surface area contributed by atoms with Crippen molar-refractivity contribution in [2.24, 2.45) is 0 Å². The zero-order valence-corrected chi connectivity index (χ0v) is 18.4. The van der Waals surface area contributed by atoms with Crippen molar-refractivity contribution < 1.29 is 27.5 Å². The average molecular weight is 458 g/mol. The molecule has 0 radical (unpaired) electrons. The lowest BCUT2D eigenvalue weighted by Gasteiger charge is -2.31. The van der Waals surface area contributed by atoms with Crippen molar-refractivity contribution in [3.05, 3.63) is 48.0 Å². The van der Waals surface area contributed by atoms with Gasteiger partial charge in [-0.2, -0.15) is 0 Å². The predicted octanol–water partition coefficient (Wildman–Crippen LogP) is 1.92. The van der Waals surface area contributed by atoms with Gasteiger partial charge in [0.2, 0.25) is 17.7 Å². The number of nitrogens with zero attached hydrogens (tertiary/aromatic N) is 2. The van der Waals surface area contributed by atoms with Crippen LogP contribution in [0.2, 0.25) is 0 Å². The number of carbonyl (C=O) groups excluding carboxylic acids is 3. The summed E-state index contributed by atoms with van der Waals surface area (Å²) in [4.78, 5) is 36.8. The Morgan fingerprint density at radius 3 is 2.38 bits per heavy atom. The van der Waals surface area contributed by atoms with E-state index < -0.39 is 15.9 Å². The van der Waals surface area contributed by atoms with E-state index in [1.807, 2.05) is 0 Å². The highest BCUT2D eigenvalue weighted by Gasteiger charge is 2.31. The first-order valence-electron chi connectivity index (χ1n) is 10.2. The highest BCUT2D eigenvalue weighted by molar-refractivity contribution is 7.92. The first-order chi connectivity index (χ1) is 15.3. The van der Waals surface area contributed by atoms with Crippen LogP contribution < -0.4 is 14.4 Å². The number of sulfonamides is 1. The summed E-state index contributed by atoms with van der Waals surface area (Å²) in [6.07, 6.45) is 1.56.